The lowest BCUT2D eigenvalue weighted by atomic mass is 9.46. The third-order valence-corrected chi connectivity index (χ3v) is 10.1. The van der Waals surface area contributed by atoms with E-state index in [1.807, 2.05) is 19.1 Å². The lowest BCUT2D eigenvalue weighted by Crippen LogP contribution is -2.51. The van der Waals surface area contributed by atoms with E-state index in [9.17, 15) is 9.59 Å². The summed E-state index contributed by atoms with van der Waals surface area (Å²) in [6, 6.07) is 3.78. The van der Waals surface area contributed by atoms with Crippen molar-refractivity contribution in [1.82, 2.24) is 10.3 Å². The molecular weight excluding hydrogens is 438 g/mol. The van der Waals surface area contributed by atoms with Crippen LogP contribution in [0.3, 0.4) is 0 Å². The average molecular weight is 478 g/mol. The normalized spacial score (nSPS) is 37.0. The Morgan fingerprint density at radius 3 is 2.77 bits per heavy atom. The third-order valence-electron chi connectivity index (χ3n) is 10.1. The molecule has 6 nitrogen and oxygen atoms in total. The molecule has 0 unspecified atom stereocenters. The number of Topliss-reactive ketones (excluding diaryl/α,β-unsaturated/α-hetero) is 1. The SMILES string of the molecule is CC(=O)[C@H]1CC[C@H]2[C@@H]3CCC4=CC(=NOCC(=O)NCc5cccnc5)CC[C@]4(C)[C@H]3CC[C@]12C. The van der Waals surface area contributed by atoms with E-state index in [1.165, 1.54) is 31.3 Å². The van der Waals surface area contributed by atoms with Gasteiger partial charge in [-0.2, -0.15) is 0 Å². The molecule has 3 fully saturated rings. The van der Waals surface area contributed by atoms with Crippen molar-refractivity contribution in [3.05, 3.63) is 41.7 Å². The lowest BCUT2D eigenvalue weighted by molar-refractivity contribution is -0.128. The number of oxime groups is 1. The zero-order chi connectivity index (χ0) is 24.6. The molecule has 0 radical (unpaired) electrons. The first-order valence-corrected chi connectivity index (χ1v) is 13.4. The zero-order valence-electron chi connectivity index (χ0n) is 21.4. The van der Waals surface area contributed by atoms with Crippen LogP contribution in [0.25, 0.3) is 0 Å². The molecule has 35 heavy (non-hydrogen) atoms. The first kappa shape index (κ1) is 24.2. The topological polar surface area (TPSA) is 80.6 Å². The Balaban J connectivity index is 1.20. The predicted molar refractivity (Wildman–Crippen MR) is 135 cm³/mol. The second-order valence-electron chi connectivity index (χ2n) is 11.8. The smallest absolute Gasteiger partial charge is 0.261 e. The number of ketones is 1. The van der Waals surface area contributed by atoms with Crippen LogP contribution in [0.15, 0.2) is 41.3 Å². The van der Waals surface area contributed by atoms with Gasteiger partial charge in [0.25, 0.3) is 5.91 Å². The molecule has 5 rings (SSSR count). The van der Waals surface area contributed by atoms with E-state index < -0.39 is 0 Å². The maximum atomic E-state index is 12.4. The lowest BCUT2D eigenvalue weighted by Gasteiger charge is -2.58. The second kappa shape index (κ2) is 9.51. The number of aromatic nitrogens is 1. The van der Waals surface area contributed by atoms with Crippen LogP contribution in [-0.2, 0) is 21.0 Å². The van der Waals surface area contributed by atoms with Gasteiger partial charge in [0.2, 0.25) is 0 Å². The molecule has 1 aromatic heterocycles. The van der Waals surface area contributed by atoms with Gasteiger partial charge < -0.3 is 10.2 Å². The van der Waals surface area contributed by atoms with Gasteiger partial charge in [0.15, 0.2) is 6.61 Å². The van der Waals surface area contributed by atoms with E-state index in [-0.39, 0.29) is 29.3 Å². The fourth-order valence-corrected chi connectivity index (χ4v) is 8.24. The van der Waals surface area contributed by atoms with Gasteiger partial charge in [0.05, 0.1) is 5.71 Å². The first-order valence-electron chi connectivity index (χ1n) is 13.4. The third kappa shape index (κ3) is 4.45. The summed E-state index contributed by atoms with van der Waals surface area (Å²) >= 11 is 0. The standard InChI is InChI=1S/C29H39N3O3/c1-19(33)24-8-9-25-23-7-6-21-15-22(10-12-28(21,2)26(23)11-13-29(24,25)3)32-35-18-27(34)31-17-20-5-4-14-30-16-20/h4-5,14-16,23-26H,6-13,17-18H2,1-3H3,(H,31,34)/t23-,24+,25-,26-,28-,29+/m0/s1. The highest BCUT2D eigenvalue weighted by Gasteiger charge is 2.59. The Kier molecular flexibility index (Phi) is 6.58. The summed E-state index contributed by atoms with van der Waals surface area (Å²) < 4.78 is 0. The van der Waals surface area contributed by atoms with Crippen LogP contribution < -0.4 is 5.32 Å². The molecule has 6 atom stereocenters. The molecule has 1 amide bonds. The molecule has 1 N–H and O–H groups in total. The summed E-state index contributed by atoms with van der Waals surface area (Å²) in [5, 5.41) is 7.17. The van der Waals surface area contributed by atoms with Gasteiger partial charge >= 0.3 is 0 Å². The number of allylic oxidation sites excluding steroid dienone is 2. The van der Waals surface area contributed by atoms with Crippen molar-refractivity contribution >= 4 is 17.4 Å². The summed E-state index contributed by atoms with van der Waals surface area (Å²) in [5.41, 5.74) is 3.85. The van der Waals surface area contributed by atoms with Crippen LogP contribution in [0.2, 0.25) is 0 Å². The summed E-state index contributed by atoms with van der Waals surface area (Å²) in [7, 11) is 0. The van der Waals surface area contributed by atoms with E-state index in [4.69, 9.17) is 4.84 Å². The van der Waals surface area contributed by atoms with E-state index in [2.05, 4.69) is 35.4 Å². The summed E-state index contributed by atoms with van der Waals surface area (Å²) in [5.74, 6) is 2.61. The number of nitrogens with one attached hydrogen (secondary N) is 1. The van der Waals surface area contributed by atoms with Gasteiger partial charge in [-0.25, -0.2) is 0 Å². The van der Waals surface area contributed by atoms with Crippen molar-refractivity contribution in [1.29, 1.82) is 0 Å². The fourth-order valence-electron chi connectivity index (χ4n) is 8.24. The van der Waals surface area contributed by atoms with Crippen molar-refractivity contribution in [2.45, 2.75) is 78.7 Å². The van der Waals surface area contributed by atoms with Crippen LogP contribution in [0.4, 0.5) is 0 Å². The number of rotatable bonds is 6. The average Bonchev–Trinajstić information content (AvgIpc) is 3.21. The number of carbonyl (C=O) groups is 2. The maximum absolute atomic E-state index is 12.4. The Bertz CT molecular complexity index is 1030. The number of hydrogen-bond donors (Lipinski definition) is 1. The van der Waals surface area contributed by atoms with Gasteiger partial charge in [-0.05, 0) is 105 Å². The summed E-state index contributed by atoms with van der Waals surface area (Å²) in [4.78, 5) is 34.0. The molecule has 4 aliphatic carbocycles. The largest absolute Gasteiger partial charge is 0.385 e. The van der Waals surface area contributed by atoms with Crippen molar-refractivity contribution in [2.75, 3.05) is 6.61 Å². The van der Waals surface area contributed by atoms with E-state index in [1.54, 1.807) is 12.4 Å². The molecule has 1 heterocycles. The summed E-state index contributed by atoms with van der Waals surface area (Å²) in [6.07, 6.45) is 14.7. The molecule has 188 valence electrons. The van der Waals surface area contributed by atoms with Crippen molar-refractivity contribution in [3.8, 4) is 0 Å². The number of nitrogens with zero attached hydrogens (tertiary/aromatic N) is 2. The summed E-state index contributed by atoms with van der Waals surface area (Å²) in [6.45, 7) is 7.05. The predicted octanol–water partition coefficient (Wildman–Crippen LogP) is 5.24. The van der Waals surface area contributed by atoms with E-state index in [0.29, 0.717) is 24.2 Å². The molecule has 1 aromatic rings. The molecule has 0 aromatic carbocycles. The Labute approximate surface area is 209 Å². The van der Waals surface area contributed by atoms with Gasteiger partial charge in [0, 0.05) is 24.9 Å². The number of carbonyl (C=O) groups excluding carboxylic acids is 2. The molecule has 0 aliphatic heterocycles. The molecule has 0 bridgehead atoms. The Hall–Kier alpha value is -2.50. The zero-order valence-corrected chi connectivity index (χ0v) is 21.4. The number of amides is 1. The minimum atomic E-state index is -0.183. The minimum Gasteiger partial charge on any atom is -0.385 e. The van der Waals surface area contributed by atoms with Gasteiger partial charge in [-0.15, -0.1) is 0 Å². The molecule has 0 spiro atoms. The van der Waals surface area contributed by atoms with Gasteiger partial charge in [0.1, 0.15) is 5.78 Å². The number of hydrogen-bond acceptors (Lipinski definition) is 5. The van der Waals surface area contributed by atoms with Crippen molar-refractivity contribution < 1.29 is 14.4 Å². The maximum Gasteiger partial charge on any atom is 0.261 e. The number of pyridine rings is 1. The molecule has 6 heteroatoms. The van der Waals surface area contributed by atoms with Crippen LogP contribution >= 0.6 is 0 Å². The van der Waals surface area contributed by atoms with Crippen LogP contribution in [-0.4, -0.2) is 29.0 Å². The second-order valence-corrected chi connectivity index (χ2v) is 11.8. The molecule has 3 saturated carbocycles. The molecule has 4 aliphatic rings. The van der Waals surface area contributed by atoms with E-state index >= 15 is 0 Å². The number of fused-ring (bicyclic) bond motifs is 5. The Morgan fingerprint density at radius 1 is 1.14 bits per heavy atom. The highest BCUT2D eigenvalue weighted by atomic mass is 16.6. The van der Waals surface area contributed by atoms with Crippen LogP contribution in [0.1, 0.15) is 77.7 Å². The minimum absolute atomic E-state index is 0.0769. The van der Waals surface area contributed by atoms with Crippen molar-refractivity contribution in [3.63, 3.8) is 0 Å². The Morgan fingerprint density at radius 2 is 2.00 bits per heavy atom. The van der Waals surface area contributed by atoms with Crippen LogP contribution in [0.5, 0.6) is 0 Å². The van der Waals surface area contributed by atoms with Gasteiger partial charge in [-0.3, -0.25) is 14.6 Å². The van der Waals surface area contributed by atoms with E-state index in [0.717, 1.165) is 42.9 Å². The first-order chi connectivity index (χ1) is 16.8. The molecule has 0 saturated heterocycles. The highest BCUT2D eigenvalue weighted by molar-refractivity contribution is 5.96. The molecular formula is C29H39N3O3. The highest BCUT2D eigenvalue weighted by Crippen LogP contribution is 2.66. The van der Waals surface area contributed by atoms with Crippen molar-refractivity contribution in [2.24, 2.45) is 39.7 Å². The quantitative estimate of drug-likeness (QED) is 0.568. The van der Waals surface area contributed by atoms with Crippen LogP contribution in [0, 0.1) is 34.5 Å². The fraction of sp³-hybridized carbons (Fsp3) is 0.655. The van der Waals surface area contributed by atoms with Gasteiger partial charge in [-0.1, -0.05) is 30.6 Å². The monoisotopic (exact) mass is 477 g/mol.